The number of carbonyl (C=O) groups excluding carboxylic acids is 1. The van der Waals surface area contributed by atoms with E-state index in [0.29, 0.717) is 12.0 Å². The first kappa shape index (κ1) is 21.4. The van der Waals surface area contributed by atoms with Crippen molar-refractivity contribution >= 4 is 16.9 Å². The van der Waals surface area contributed by atoms with Crippen molar-refractivity contribution in [2.45, 2.75) is 52.4 Å². The minimum absolute atomic E-state index is 0.223. The van der Waals surface area contributed by atoms with Crippen LogP contribution in [0.4, 0.5) is 0 Å². The van der Waals surface area contributed by atoms with Crippen LogP contribution in [-0.4, -0.2) is 46.5 Å². The first-order valence-corrected chi connectivity index (χ1v) is 13.0. The number of piperidine rings is 1. The van der Waals surface area contributed by atoms with Crippen LogP contribution in [0, 0.1) is 28.6 Å². The number of para-hydroxylation sites is 2. The van der Waals surface area contributed by atoms with Gasteiger partial charge in [0.1, 0.15) is 5.82 Å². The zero-order valence-corrected chi connectivity index (χ0v) is 20.4. The quantitative estimate of drug-likeness (QED) is 0.672. The van der Waals surface area contributed by atoms with Gasteiger partial charge in [0.2, 0.25) is 5.91 Å². The Labute approximate surface area is 197 Å². The second-order valence-electron chi connectivity index (χ2n) is 11.8. The van der Waals surface area contributed by atoms with Crippen LogP contribution in [-0.2, 0) is 18.3 Å². The number of amides is 1. The van der Waals surface area contributed by atoms with Crippen molar-refractivity contribution < 1.29 is 4.79 Å². The molecular formula is C28H38N4O. The van der Waals surface area contributed by atoms with Crippen molar-refractivity contribution in [3.8, 4) is 0 Å². The molecule has 33 heavy (non-hydrogen) atoms. The number of likely N-dealkylation sites (tertiary alicyclic amines) is 1. The third-order valence-corrected chi connectivity index (χ3v) is 9.87. The molecule has 7 rings (SSSR count). The highest BCUT2D eigenvalue weighted by Gasteiger charge is 2.58. The summed E-state index contributed by atoms with van der Waals surface area (Å²) >= 11 is 0. The fourth-order valence-electron chi connectivity index (χ4n) is 7.18. The van der Waals surface area contributed by atoms with Crippen LogP contribution in [0.25, 0.3) is 11.0 Å². The lowest BCUT2D eigenvalue weighted by Crippen LogP contribution is -2.50. The van der Waals surface area contributed by atoms with Gasteiger partial charge in [0.05, 0.1) is 11.0 Å². The molecule has 2 heterocycles. The van der Waals surface area contributed by atoms with Crippen molar-refractivity contribution in [2.24, 2.45) is 35.6 Å². The zero-order chi connectivity index (χ0) is 22.8. The highest BCUT2D eigenvalue weighted by atomic mass is 16.2. The second-order valence-corrected chi connectivity index (χ2v) is 11.8. The normalized spacial score (nSPS) is 29.5. The smallest absolute Gasteiger partial charge is 0.223 e. The molecule has 1 spiro atoms. The summed E-state index contributed by atoms with van der Waals surface area (Å²) in [5.41, 5.74) is 4.67. The topological polar surface area (TPSA) is 50.2 Å². The molecule has 1 aromatic carbocycles. The molecule has 176 valence electrons. The maximum atomic E-state index is 12.9. The van der Waals surface area contributed by atoms with Gasteiger partial charge in [0, 0.05) is 32.5 Å². The number of fused-ring (bicyclic) bond motifs is 2. The number of allylic oxidation sites excluding steroid dienone is 1. The predicted molar refractivity (Wildman–Crippen MR) is 132 cm³/mol. The maximum absolute atomic E-state index is 12.9. The van der Waals surface area contributed by atoms with E-state index in [1.807, 2.05) is 18.2 Å². The molecule has 1 saturated heterocycles. The van der Waals surface area contributed by atoms with E-state index in [0.717, 1.165) is 61.2 Å². The lowest BCUT2D eigenvalue weighted by atomic mass is 9.49. The summed E-state index contributed by atoms with van der Waals surface area (Å²) < 4.78 is 2.14. The summed E-state index contributed by atoms with van der Waals surface area (Å²) in [6, 6.07) is 8.21. The van der Waals surface area contributed by atoms with Gasteiger partial charge in [-0.15, -0.1) is 0 Å². The Morgan fingerprint density at radius 2 is 2.00 bits per heavy atom. The van der Waals surface area contributed by atoms with Crippen LogP contribution in [0.3, 0.4) is 0 Å². The van der Waals surface area contributed by atoms with E-state index in [4.69, 9.17) is 4.98 Å². The zero-order valence-electron chi connectivity index (χ0n) is 20.4. The van der Waals surface area contributed by atoms with Gasteiger partial charge < -0.3 is 9.88 Å². The van der Waals surface area contributed by atoms with Crippen molar-refractivity contribution in [1.29, 1.82) is 0 Å². The molecule has 1 aromatic heterocycles. The summed E-state index contributed by atoms with van der Waals surface area (Å²) in [4.78, 5) is 20.3. The molecule has 1 N–H and O–H groups in total. The van der Waals surface area contributed by atoms with E-state index in [2.05, 4.69) is 47.8 Å². The molecule has 2 aromatic rings. The standard InChI is InChI=1S/C28H38N4O/c1-27(2)20-9-8-19(21(27)16-20)18-32-14-11-28(12-15-32)17-22(28)26(33)29-13-10-25-30-23-6-4-5-7-24(23)31(25)3/h4-8,20-22H,9-18H2,1-3H3,(H,29,33)/t20-,21-,22+/m0/s1. The van der Waals surface area contributed by atoms with E-state index in [9.17, 15) is 4.79 Å². The number of hydrogen-bond donors (Lipinski definition) is 1. The van der Waals surface area contributed by atoms with Gasteiger partial charge in [-0.05, 0) is 80.0 Å². The molecule has 4 aliphatic carbocycles. The number of carbonyl (C=O) groups is 1. The van der Waals surface area contributed by atoms with Gasteiger partial charge in [-0.1, -0.05) is 37.6 Å². The molecule has 2 bridgehead atoms. The van der Waals surface area contributed by atoms with Crippen molar-refractivity contribution in [1.82, 2.24) is 19.8 Å². The number of benzene rings is 1. The van der Waals surface area contributed by atoms with E-state index in [1.54, 1.807) is 5.57 Å². The largest absolute Gasteiger partial charge is 0.355 e. The average Bonchev–Trinajstić information content (AvgIpc) is 3.43. The van der Waals surface area contributed by atoms with E-state index < -0.39 is 0 Å². The third-order valence-electron chi connectivity index (χ3n) is 9.87. The third kappa shape index (κ3) is 3.54. The van der Waals surface area contributed by atoms with Gasteiger partial charge in [0.25, 0.3) is 0 Å². The highest BCUT2D eigenvalue weighted by molar-refractivity contribution is 5.82. The summed E-state index contributed by atoms with van der Waals surface area (Å²) in [6.07, 6.45) is 9.46. The summed E-state index contributed by atoms with van der Waals surface area (Å²) in [5, 5.41) is 3.22. The van der Waals surface area contributed by atoms with Gasteiger partial charge >= 0.3 is 0 Å². The molecule has 1 aliphatic heterocycles. The van der Waals surface area contributed by atoms with Crippen molar-refractivity contribution in [3.63, 3.8) is 0 Å². The Kier molecular flexibility index (Phi) is 4.99. The average molecular weight is 447 g/mol. The van der Waals surface area contributed by atoms with Crippen LogP contribution < -0.4 is 5.32 Å². The number of hydrogen-bond acceptors (Lipinski definition) is 3. The molecule has 0 radical (unpaired) electrons. The predicted octanol–water partition coefficient (Wildman–Crippen LogP) is 4.33. The van der Waals surface area contributed by atoms with Crippen molar-refractivity contribution in [3.05, 3.63) is 41.7 Å². The Hall–Kier alpha value is -2.14. The highest BCUT2D eigenvalue weighted by Crippen LogP contribution is 2.61. The van der Waals surface area contributed by atoms with Crippen LogP contribution in [0.5, 0.6) is 0 Å². The molecule has 1 amide bonds. The van der Waals surface area contributed by atoms with Crippen LogP contribution in [0.2, 0.25) is 0 Å². The Bertz CT molecular complexity index is 1100. The molecule has 5 heteroatoms. The molecule has 0 unspecified atom stereocenters. The minimum Gasteiger partial charge on any atom is -0.355 e. The SMILES string of the molecule is Cn1c(CCNC(=O)[C@H]2CC23CCN(CC2=CC[C@H]4C[C@@H]2C4(C)C)CC3)nc2ccccc21. The number of nitrogens with zero attached hydrogens (tertiary/aromatic N) is 3. The molecule has 5 nitrogen and oxygen atoms in total. The number of aryl methyl sites for hydroxylation is 1. The Balaban J connectivity index is 0.974. The van der Waals surface area contributed by atoms with E-state index in [-0.39, 0.29) is 17.2 Å². The fraction of sp³-hybridized carbons (Fsp3) is 0.643. The monoisotopic (exact) mass is 446 g/mol. The number of aromatic nitrogens is 2. The number of rotatable bonds is 6. The Morgan fingerprint density at radius 1 is 1.21 bits per heavy atom. The molecule has 2 saturated carbocycles. The van der Waals surface area contributed by atoms with Crippen LogP contribution in [0.1, 0.15) is 51.8 Å². The molecule has 3 atom stereocenters. The second kappa shape index (κ2) is 7.69. The summed E-state index contributed by atoms with van der Waals surface area (Å²) in [5.74, 6) is 3.24. The minimum atomic E-state index is 0.223. The van der Waals surface area contributed by atoms with Crippen LogP contribution >= 0.6 is 0 Å². The van der Waals surface area contributed by atoms with E-state index >= 15 is 0 Å². The first-order valence-electron chi connectivity index (χ1n) is 13.0. The molecular weight excluding hydrogens is 408 g/mol. The maximum Gasteiger partial charge on any atom is 0.223 e. The van der Waals surface area contributed by atoms with E-state index in [1.165, 1.54) is 25.7 Å². The van der Waals surface area contributed by atoms with Gasteiger partial charge in [-0.25, -0.2) is 4.98 Å². The van der Waals surface area contributed by atoms with Gasteiger partial charge in [0.15, 0.2) is 0 Å². The van der Waals surface area contributed by atoms with Crippen LogP contribution in [0.15, 0.2) is 35.9 Å². The lowest BCUT2D eigenvalue weighted by molar-refractivity contribution is -0.123. The number of nitrogens with one attached hydrogen (secondary N) is 1. The summed E-state index contributed by atoms with van der Waals surface area (Å²) in [6.45, 7) is 9.06. The first-order chi connectivity index (χ1) is 15.9. The van der Waals surface area contributed by atoms with Gasteiger partial charge in [-0.3, -0.25) is 9.69 Å². The molecule has 3 fully saturated rings. The molecule has 5 aliphatic rings. The van der Waals surface area contributed by atoms with Crippen molar-refractivity contribution in [2.75, 3.05) is 26.2 Å². The Morgan fingerprint density at radius 3 is 2.73 bits per heavy atom. The fourth-order valence-corrected chi connectivity index (χ4v) is 7.18. The summed E-state index contributed by atoms with van der Waals surface area (Å²) in [7, 11) is 2.06. The lowest BCUT2D eigenvalue weighted by Gasteiger charge is -2.57. The number of imidazole rings is 1. The van der Waals surface area contributed by atoms with Gasteiger partial charge in [-0.2, -0.15) is 0 Å².